The Hall–Kier alpha value is -9.22. The third-order valence-electron chi connectivity index (χ3n) is 14.4. The van der Waals surface area contributed by atoms with Crippen LogP contribution in [0, 0.1) is 0 Å². The SMILES string of the molecule is CCOC1OC(=O)CC1NC(=O)CN1CC(CNCc2ccccc2)=CC[C@H](NC(=O)c2nccc3ccccc23)C1=O.O=C(CN1CC(CNCc2ccccc2)=CC[C@H](NC(=O)c2nccc3ccccc23)C1=O)NC1CC(=O)OC1O. The lowest BCUT2D eigenvalue weighted by Gasteiger charge is -2.26. The summed E-state index contributed by atoms with van der Waals surface area (Å²) >= 11 is 0. The third kappa shape index (κ3) is 15.9. The highest BCUT2D eigenvalue weighted by Gasteiger charge is 2.39. The van der Waals surface area contributed by atoms with Gasteiger partial charge in [-0.3, -0.25) is 48.3 Å². The van der Waals surface area contributed by atoms with Crippen molar-refractivity contribution in [1.82, 2.24) is 51.7 Å². The number of carbonyl (C=O) groups is 8. The minimum absolute atomic E-state index is 0.0182. The molecule has 2 aromatic heterocycles. The fraction of sp³-hybridized carbons (Fsp3) is 0.323. The van der Waals surface area contributed by atoms with Crippen molar-refractivity contribution >= 4 is 68.9 Å². The van der Waals surface area contributed by atoms with Gasteiger partial charge in [-0.1, -0.05) is 121 Å². The van der Waals surface area contributed by atoms with Crippen molar-refractivity contribution in [2.75, 3.05) is 45.9 Å². The Kier molecular flexibility index (Phi) is 20.3. The monoisotopic (exact) mass is 1140 g/mol. The Morgan fingerprint density at radius 1 is 0.560 bits per heavy atom. The summed E-state index contributed by atoms with van der Waals surface area (Å²) in [4.78, 5) is 115. The minimum atomic E-state index is -1.44. The van der Waals surface area contributed by atoms with Crippen molar-refractivity contribution in [3.05, 3.63) is 180 Å². The normalized spacial score (nSPS) is 20.5. The quantitative estimate of drug-likeness (QED) is 0.0427. The number of aliphatic hydroxyl groups is 1. The number of ether oxygens (including phenoxy) is 3. The van der Waals surface area contributed by atoms with Gasteiger partial charge in [0.15, 0.2) is 0 Å². The molecular weight excluding hydrogens is 1080 g/mol. The Labute approximate surface area is 484 Å². The second-order valence-corrected chi connectivity index (χ2v) is 20.5. The molecule has 10 rings (SSSR count). The van der Waals surface area contributed by atoms with Crippen molar-refractivity contribution in [3.8, 4) is 0 Å². The molecule has 4 aliphatic heterocycles. The second kappa shape index (κ2) is 28.7. The van der Waals surface area contributed by atoms with E-state index in [2.05, 4.69) is 46.6 Å². The molecule has 4 unspecified atom stereocenters. The highest BCUT2D eigenvalue weighted by molar-refractivity contribution is 6.07. The summed E-state index contributed by atoms with van der Waals surface area (Å²) in [5, 5.41) is 30.7. The van der Waals surface area contributed by atoms with Crippen LogP contribution in [0.1, 0.15) is 64.7 Å². The molecule has 84 heavy (non-hydrogen) atoms. The molecule has 0 saturated carbocycles. The third-order valence-corrected chi connectivity index (χ3v) is 14.4. The molecule has 7 N–H and O–H groups in total. The highest BCUT2D eigenvalue weighted by Crippen LogP contribution is 2.22. The van der Waals surface area contributed by atoms with Crippen LogP contribution in [0.15, 0.2) is 157 Å². The molecule has 2 fully saturated rings. The lowest BCUT2D eigenvalue weighted by atomic mass is 10.1. The zero-order valence-corrected chi connectivity index (χ0v) is 46.2. The van der Waals surface area contributed by atoms with E-state index >= 15 is 0 Å². The van der Waals surface area contributed by atoms with Crippen LogP contribution in [0.2, 0.25) is 0 Å². The predicted molar refractivity (Wildman–Crippen MR) is 308 cm³/mol. The van der Waals surface area contributed by atoms with Gasteiger partial charge < -0.3 is 61.0 Å². The summed E-state index contributed by atoms with van der Waals surface area (Å²) in [5.74, 6) is -3.88. The number of amides is 6. The zero-order chi connectivity index (χ0) is 59.0. The number of pyridine rings is 2. The highest BCUT2D eigenvalue weighted by atomic mass is 16.7. The number of benzene rings is 4. The van der Waals surface area contributed by atoms with Gasteiger partial charge in [-0.25, -0.2) is 0 Å². The Bertz CT molecular complexity index is 3430. The fourth-order valence-corrected chi connectivity index (χ4v) is 10.2. The van der Waals surface area contributed by atoms with Crippen molar-refractivity contribution in [1.29, 1.82) is 0 Å². The topological polar surface area (TPSA) is 289 Å². The number of nitrogens with zero attached hydrogens (tertiary/aromatic N) is 4. The lowest BCUT2D eigenvalue weighted by Crippen LogP contribution is -2.52. The first-order valence-electron chi connectivity index (χ1n) is 27.8. The number of carbonyl (C=O) groups excluding carboxylic acids is 8. The molecule has 6 amide bonds. The number of hydrogen-bond donors (Lipinski definition) is 7. The van der Waals surface area contributed by atoms with E-state index in [4.69, 9.17) is 9.47 Å². The van der Waals surface area contributed by atoms with Gasteiger partial charge in [-0.05, 0) is 64.9 Å². The van der Waals surface area contributed by atoms with Crippen molar-refractivity contribution in [2.45, 2.75) is 82.4 Å². The number of aliphatic hydroxyl groups excluding tert-OH is 1. The minimum Gasteiger partial charge on any atom is -0.434 e. The van der Waals surface area contributed by atoms with Gasteiger partial charge in [0.05, 0.1) is 25.9 Å². The largest absolute Gasteiger partial charge is 0.434 e. The van der Waals surface area contributed by atoms with E-state index in [1.54, 1.807) is 31.5 Å². The molecule has 0 radical (unpaired) electrons. The fourth-order valence-electron chi connectivity index (χ4n) is 10.2. The first-order valence-corrected chi connectivity index (χ1v) is 27.8. The molecule has 6 aromatic rings. The first kappa shape index (κ1) is 59.4. The van der Waals surface area contributed by atoms with Crippen LogP contribution in [0.3, 0.4) is 0 Å². The smallest absolute Gasteiger partial charge is 0.310 e. The van der Waals surface area contributed by atoms with Gasteiger partial charge in [-0.2, -0.15) is 0 Å². The summed E-state index contributed by atoms with van der Waals surface area (Å²) in [6.45, 7) is 4.05. The van der Waals surface area contributed by atoms with E-state index in [1.807, 2.05) is 121 Å². The standard InChI is InChI=1S/C32H35N5O6.C30H31N5O6/c1-2-42-32-26(16-28(39)43-32)35-27(38)20-37-19-22(18-33-17-21-8-4-3-5-9-21)12-13-25(31(37)41)36-30(40)29-24-11-7-6-10-23(24)14-15-34-29;36-25(33-24-14-26(37)41-30(24)40)18-35-17-20(16-31-15-19-6-2-1-3-7-19)10-11-23(29(35)39)34-28(38)27-22-9-5-4-8-21(22)12-13-32-27/h3-12,14-15,25-26,32-33H,2,13,16-20H2,1H3,(H,35,38)(H,36,40);1-10,12-13,23-24,30-31,40H,11,14-18H2,(H,33,36)(H,34,38)/t25-,26?,32?;23-,24?,30?/m00/s1. The maximum atomic E-state index is 13.8. The van der Waals surface area contributed by atoms with Crippen molar-refractivity contribution in [3.63, 3.8) is 0 Å². The van der Waals surface area contributed by atoms with Crippen molar-refractivity contribution < 1.29 is 57.7 Å². The van der Waals surface area contributed by atoms with Gasteiger partial charge in [0, 0.05) is 69.0 Å². The van der Waals surface area contributed by atoms with Gasteiger partial charge >= 0.3 is 11.9 Å². The van der Waals surface area contributed by atoms with E-state index in [9.17, 15) is 43.5 Å². The molecule has 0 spiro atoms. The van der Waals surface area contributed by atoms with Crippen LogP contribution in [-0.4, -0.2) is 155 Å². The van der Waals surface area contributed by atoms with Crippen LogP contribution in [0.4, 0.5) is 0 Å². The maximum absolute atomic E-state index is 13.8. The van der Waals surface area contributed by atoms with E-state index < -0.39 is 84.1 Å². The average molecular weight is 1140 g/mol. The van der Waals surface area contributed by atoms with Crippen LogP contribution in [-0.2, 0) is 56.1 Å². The average Bonchev–Trinajstić information content (AvgIpc) is 3.97. The number of hydrogen-bond acceptors (Lipinski definition) is 16. The molecule has 22 heteroatoms. The molecule has 2 saturated heterocycles. The number of aromatic nitrogens is 2. The maximum Gasteiger partial charge on any atom is 0.310 e. The summed E-state index contributed by atoms with van der Waals surface area (Å²) in [6, 6.07) is 34.8. The second-order valence-electron chi connectivity index (χ2n) is 20.5. The van der Waals surface area contributed by atoms with Gasteiger partial charge in [0.1, 0.15) is 35.6 Å². The van der Waals surface area contributed by atoms with Crippen molar-refractivity contribution in [2.24, 2.45) is 0 Å². The molecule has 0 aliphatic carbocycles. The van der Waals surface area contributed by atoms with E-state index in [0.29, 0.717) is 43.6 Å². The van der Waals surface area contributed by atoms with Crippen LogP contribution in [0.5, 0.6) is 0 Å². The van der Waals surface area contributed by atoms with E-state index in [0.717, 1.165) is 33.0 Å². The Balaban J connectivity index is 0.000000202. The molecule has 436 valence electrons. The summed E-state index contributed by atoms with van der Waals surface area (Å²) in [5.41, 5.74) is 4.44. The Morgan fingerprint density at radius 3 is 1.46 bits per heavy atom. The molecule has 6 atom stereocenters. The van der Waals surface area contributed by atoms with E-state index in [1.165, 1.54) is 9.80 Å². The number of esters is 2. The lowest BCUT2D eigenvalue weighted by molar-refractivity contribution is -0.164. The predicted octanol–water partition coefficient (Wildman–Crippen LogP) is 3.11. The molecule has 22 nitrogen and oxygen atoms in total. The number of nitrogens with one attached hydrogen (secondary N) is 6. The number of fused-ring (bicyclic) bond motifs is 2. The zero-order valence-electron chi connectivity index (χ0n) is 46.2. The van der Waals surface area contributed by atoms with Crippen LogP contribution < -0.4 is 31.9 Å². The van der Waals surface area contributed by atoms with Gasteiger partial charge in [0.25, 0.3) is 11.8 Å². The van der Waals surface area contributed by atoms with E-state index in [-0.39, 0.29) is 63.3 Å². The van der Waals surface area contributed by atoms with Gasteiger partial charge in [0.2, 0.25) is 36.2 Å². The molecule has 4 aliphatic rings. The molecule has 0 bridgehead atoms. The summed E-state index contributed by atoms with van der Waals surface area (Å²) < 4.78 is 15.3. The first-order chi connectivity index (χ1) is 40.8. The molecule has 6 heterocycles. The van der Waals surface area contributed by atoms with Crippen LogP contribution in [0.25, 0.3) is 21.5 Å². The molecular formula is C62H66N10O12. The number of cyclic esters (lactones) is 2. The summed E-state index contributed by atoms with van der Waals surface area (Å²) in [7, 11) is 0. The summed E-state index contributed by atoms with van der Waals surface area (Å²) in [6.07, 6.45) is 4.95. The Morgan fingerprint density at radius 2 is 1.00 bits per heavy atom. The van der Waals surface area contributed by atoms with Crippen LogP contribution >= 0.6 is 0 Å². The van der Waals surface area contributed by atoms with Gasteiger partial charge in [-0.15, -0.1) is 0 Å². The number of rotatable bonds is 20. The molecule has 4 aromatic carbocycles.